The van der Waals surface area contributed by atoms with Gasteiger partial charge in [-0.25, -0.2) is 0 Å². The number of hydrogen-bond acceptors (Lipinski definition) is 3. The van der Waals surface area contributed by atoms with E-state index in [0.29, 0.717) is 6.42 Å². The molecule has 0 radical (unpaired) electrons. The smallest absolute Gasteiger partial charge is 0.220 e. The third-order valence-corrected chi connectivity index (χ3v) is 10.8. The maximum atomic E-state index is 12.4. The molecule has 2 atom stereocenters. The first kappa shape index (κ1) is 51.6. The molecule has 0 bridgehead atoms. The van der Waals surface area contributed by atoms with Crippen molar-refractivity contribution >= 4 is 5.91 Å². The van der Waals surface area contributed by atoms with Crippen LogP contribution < -0.4 is 5.32 Å². The van der Waals surface area contributed by atoms with Crippen LogP contribution in [-0.4, -0.2) is 34.9 Å². The quantitative estimate of drug-likeness (QED) is 0.0430. The van der Waals surface area contributed by atoms with E-state index < -0.39 is 12.1 Å². The highest BCUT2D eigenvalue weighted by Crippen LogP contribution is 2.15. The Balaban J connectivity index is 3.59. The molecule has 0 heterocycles. The molecule has 3 N–H and O–H groups in total. The van der Waals surface area contributed by atoms with Crippen LogP contribution in [0, 0.1) is 0 Å². The Kier molecular flexibility index (Phi) is 43.8. The summed E-state index contributed by atoms with van der Waals surface area (Å²) in [5.74, 6) is -0.0764. The maximum absolute atomic E-state index is 12.4. The van der Waals surface area contributed by atoms with E-state index in [1.165, 1.54) is 199 Å². The summed E-state index contributed by atoms with van der Waals surface area (Å²) in [5, 5.41) is 23.0. The molecule has 0 saturated carbocycles. The molecule has 0 spiro atoms. The second-order valence-electron chi connectivity index (χ2n) is 16.2. The summed E-state index contributed by atoms with van der Waals surface area (Å²) >= 11 is 0. The number of nitrogens with one attached hydrogen (secondary N) is 1. The predicted octanol–water partition coefficient (Wildman–Crippen LogP) is 15.0. The number of rotatable bonds is 43. The van der Waals surface area contributed by atoms with Gasteiger partial charge < -0.3 is 15.5 Å². The Bertz CT molecular complexity index is 806. The van der Waals surface area contributed by atoms with Gasteiger partial charge in [0, 0.05) is 6.42 Å². The van der Waals surface area contributed by atoms with Gasteiger partial charge in [0.1, 0.15) is 0 Å². The minimum absolute atomic E-state index is 0.0764. The first-order valence-electron chi connectivity index (χ1n) is 23.7. The molecule has 53 heavy (non-hydrogen) atoms. The number of aliphatic hydroxyl groups excluding tert-OH is 2. The minimum Gasteiger partial charge on any atom is -0.394 e. The molecule has 0 aliphatic carbocycles. The van der Waals surface area contributed by atoms with Gasteiger partial charge in [-0.1, -0.05) is 224 Å². The van der Waals surface area contributed by atoms with Gasteiger partial charge in [0.05, 0.1) is 18.8 Å². The molecule has 0 aliphatic heterocycles. The van der Waals surface area contributed by atoms with Gasteiger partial charge in [0.15, 0.2) is 0 Å². The second-order valence-corrected chi connectivity index (χ2v) is 16.2. The van der Waals surface area contributed by atoms with Crippen LogP contribution in [0.5, 0.6) is 0 Å². The summed E-state index contributed by atoms with van der Waals surface area (Å²) in [4.78, 5) is 12.4. The maximum Gasteiger partial charge on any atom is 0.220 e. The Hall–Kier alpha value is -1.39. The molecule has 312 valence electrons. The minimum atomic E-state index is -0.863. The molecule has 2 unspecified atom stereocenters. The van der Waals surface area contributed by atoms with Gasteiger partial charge in [-0.15, -0.1) is 0 Å². The summed E-state index contributed by atoms with van der Waals surface area (Å²) in [6.07, 6.45) is 59.8. The largest absolute Gasteiger partial charge is 0.394 e. The molecule has 0 rings (SSSR count). The van der Waals surface area contributed by atoms with Gasteiger partial charge in [-0.05, 0) is 57.8 Å². The molecule has 4 nitrogen and oxygen atoms in total. The third-order valence-electron chi connectivity index (χ3n) is 10.8. The molecule has 4 heteroatoms. The molecule has 0 aromatic heterocycles. The van der Waals surface area contributed by atoms with Crippen molar-refractivity contribution in [3.8, 4) is 0 Å². The van der Waals surface area contributed by atoms with E-state index in [0.717, 1.165) is 32.1 Å². The van der Waals surface area contributed by atoms with Crippen molar-refractivity contribution in [3.63, 3.8) is 0 Å². The number of carbonyl (C=O) groups is 1. The highest BCUT2D eigenvalue weighted by atomic mass is 16.3. The number of hydrogen-bond donors (Lipinski definition) is 3. The highest BCUT2D eigenvalue weighted by Gasteiger charge is 2.17. The summed E-state index contributed by atoms with van der Waals surface area (Å²) in [6, 6.07) is -0.640. The number of allylic oxidation sites excluding steroid dienone is 5. The van der Waals surface area contributed by atoms with Crippen LogP contribution in [0.4, 0.5) is 0 Å². The van der Waals surface area contributed by atoms with Crippen molar-refractivity contribution in [1.29, 1.82) is 0 Å². The van der Waals surface area contributed by atoms with Gasteiger partial charge in [0.2, 0.25) is 5.91 Å². The first-order valence-corrected chi connectivity index (χ1v) is 23.7. The molecule has 1 amide bonds. The predicted molar refractivity (Wildman–Crippen MR) is 235 cm³/mol. The standard InChI is InChI=1S/C49H93NO3/c1-3-5-7-9-11-13-15-17-19-21-23-25-27-29-31-33-35-37-39-41-43-45-49(53)50-47(46-51)48(52)44-42-40-38-36-34-32-30-28-26-24-22-20-18-16-14-12-10-8-6-4-2/h25,27,34,36,42,44,47-48,51-52H,3-24,26,28-33,35,37-41,43,45-46H2,1-2H3,(H,50,53)/b27-25-,36-34+,44-42+. The SMILES string of the molecule is CCCCCCCCCCCC/C=C\CCCCCCCCCC(=O)NC(CO)C(O)/C=C/CC/C=C/CCCCCCCCCCCCCCCC. The van der Waals surface area contributed by atoms with Crippen molar-refractivity contribution in [2.24, 2.45) is 0 Å². The monoisotopic (exact) mass is 744 g/mol. The molecule has 0 fully saturated rings. The van der Waals surface area contributed by atoms with Gasteiger partial charge in [0.25, 0.3) is 0 Å². The van der Waals surface area contributed by atoms with E-state index in [-0.39, 0.29) is 12.5 Å². The van der Waals surface area contributed by atoms with E-state index in [1.807, 2.05) is 6.08 Å². The lowest BCUT2D eigenvalue weighted by Gasteiger charge is -2.19. The normalized spacial score (nSPS) is 13.2. The molecule has 0 saturated heterocycles. The highest BCUT2D eigenvalue weighted by molar-refractivity contribution is 5.76. The van der Waals surface area contributed by atoms with Crippen LogP contribution in [0.25, 0.3) is 0 Å². The fourth-order valence-electron chi connectivity index (χ4n) is 7.19. The lowest BCUT2D eigenvalue weighted by molar-refractivity contribution is -0.123. The van der Waals surface area contributed by atoms with E-state index in [1.54, 1.807) is 6.08 Å². The molecule has 0 aromatic rings. The van der Waals surface area contributed by atoms with Crippen LogP contribution in [-0.2, 0) is 4.79 Å². The lowest BCUT2D eigenvalue weighted by atomic mass is 10.0. The van der Waals surface area contributed by atoms with E-state index in [4.69, 9.17) is 0 Å². The van der Waals surface area contributed by atoms with Crippen molar-refractivity contribution in [1.82, 2.24) is 5.32 Å². The number of aliphatic hydroxyl groups is 2. The number of amides is 1. The average molecular weight is 744 g/mol. The Morgan fingerprint density at radius 3 is 1.09 bits per heavy atom. The van der Waals surface area contributed by atoms with Gasteiger partial charge >= 0.3 is 0 Å². The zero-order valence-corrected chi connectivity index (χ0v) is 35.8. The Labute approximate surface area is 331 Å². The van der Waals surface area contributed by atoms with Crippen LogP contribution in [0.3, 0.4) is 0 Å². The third kappa shape index (κ3) is 41.6. The molecular weight excluding hydrogens is 651 g/mol. The van der Waals surface area contributed by atoms with Crippen LogP contribution in [0.1, 0.15) is 251 Å². The fraction of sp³-hybridized carbons (Fsp3) is 0.857. The van der Waals surface area contributed by atoms with E-state index in [9.17, 15) is 15.0 Å². The van der Waals surface area contributed by atoms with Crippen molar-refractivity contribution < 1.29 is 15.0 Å². The second kappa shape index (κ2) is 45.0. The van der Waals surface area contributed by atoms with Crippen molar-refractivity contribution in [2.45, 2.75) is 264 Å². The topological polar surface area (TPSA) is 69.6 Å². The summed E-state index contributed by atoms with van der Waals surface area (Å²) in [5.41, 5.74) is 0. The van der Waals surface area contributed by atoms with Crippen molar-refractivity contribution in [3.05, 3.63) is 36.5 Å². The Morgan fingerprint density at radius 1 is 0.434 bits per heavy atom. The van der Waals surface area contributed by atoms with Crippen LogP contribution in [0.2, 0.25) is 0 Å². The zero-order valence-electron chi connectivity index (χ0n) is 35.8. The van der Waals surface area contributed by atoms with Crippen molar-refractivity contribution in [2.75, 3.05) is 6.61 Å². The first-order chi connectivity index (χ1) is 26.2. The zero-order chi connectivity index (χ0) is 38.6. The van der Waals surface area contributed by atoms with Crippen LogP contribution in [0.15, 0.2) is 36.5 Å². The summed E-state index contributed by atoms with van der Waals surface area (Å²) in [6.45, 7) is 4.31. The molecule has 0 aromatic carbocycles. The van der Waals surface area contributed by atoms with Gasteiger partial charge in [-0.3, -0.25) is 4.79 Å². The average Bonchev–Trinajstić information content (AvgIpc) is 3.16. The lowest BCUT2D eigenvalue weighted by Crippen LogP contribution is -2.45. The number of carbonyl (C=O) groups excluding carboxylic acids is 1. The summed E-state index contributed by atoms with van der Waals surface area (Å²) < 4.78 is 0. The van der Waals surface area contributed by atoms with E-state index in [2.05, 4.69) is 43.5 Å². The van der Waals surface area contributed by atoms with Gasteiger partial charge in [-0.2, -0.15) is 0 Å². The summed E-state index contributed by atoms with van der Waals surface area (Å²) in [7, 11) is 0. The molecule has 0 aliphatic rings. The Morgan fingerprint density at radius 2 is 0.736 bits per heavy atom. The molecular formula is C49H93NO3. The number of unbranched alkanes of at least 4 members (excludes halogenated alkanes) is 32. The van der Waals surface area contributed by atoms with E-state index >= 15 is 0 Å². The van der Waals surface area contributed by atoms with Crippen LogP contribution >= 0.6 is 0 Å². The fourth-order valence-corrected chi connectivity index (χ4v) is 7.19.